The predicted octanol–water partition coefficient (Wildman–Crippen LogP) is 4.70. The Balaban J connectivity index is 1.31. The summed E-state index contributed by atoms with van der Waals surface area (Å²) in [6, 6.07) is 8.64. The average Bonchev–Trinajstić information content (AvgIpc) is 3.30. The molecule has 10 heteroatoms. The zero-order chi connectivity index (χ0) is 25.4. The van der Waals surface area contributed by atoms with Crippen LogP contribution in [0.5, 0.6) is 0 Å². The monoisotopic (exact) mass is 514 g/mol. The molecule has 1 fully saturated rings. The van der Waals surface area contributed by atoms with Gasteiger partial charge in [-0.15, -0.1) is 11.3 Å². The van der Waals surface area contributed by atoms with Crippen LogP contribution in [0, 0.1) is 0 Å². The third kappa shape index (κ3) is 4.99. The number of carbonyl (C=O) groups is 1. The smallest absolute Gasteiger partial charge is 0.271 e. The van der Waals surface area contributed by atoms with Crippen LogP contribution in [0.1, 0.15) is 60.4 Å². The van der Waals surface area contributed by atoms with Crippen molar-refractivity contribution in [1.82, 2.24) is 39.3 Å². The highest BCUT2D eigenvalue weighted by molar-refractivity contribution is 7.15. The Bertz CT molecular complexity index is 1530. The van der Waals surface area contributed by atoms with E-state index in [1.54, 1.807) is 17.5 Å². The molecule has 0 bridgehead atoms. The van der Waals surface area contributed by atoms with Crippen LogP contribution < -0.4 is 5.32 Å². The molecule has 0 aliphatic heterocycles. The zero-order valence-corrected chi connectivity index (χ0v) is 21.9. The highest BCUT2D eigenvalue weighted by Gasteiger charge is 2.29. The molecule has 0 atom stereocenters. The molecule has 5 aromatic rings. The maximum Gasteiger partial charge on any atom is 0.271 e. The van der Waals surface area contributed by atoms with E-state index in [1.807, 2.05) is 39.0 Å². The van der Waals surface area contributed by atoms with E-state index in [-0.39, 0.29) is 5.91 Å². The van der Waals surface area contributed by atoms with Gasteiger partial charge in [0.05, 0.1) is 29.9 Å². The zero-order valence-electron chi connectivity index (χ0n) is 21.1. The standard InChI is InChI=1S/C27H30N8OS/c1-3-4-10-33(2)16-18-6-5-7-19(13-18)24-31-23(22-15-29-35(21-8-9-21)25(22)32-24)26(36)28-14-20-17-34-11-12-37-27(34)30-20/h5-7,11-13,15,17,21H,3-4,8-10,14,16H2,1-2H3,(H,28,36). The fraction of sp³-hybridized carbons (Fsp3) is 0.370. The molecular weight excluding hydrogens is 484 g/mol. The number of nitrogens with one attached hydrogen (secondary N) is 1. The molecule has 1 N–H and O–H groups in total. The van der Waals surface area contributed by atoms with Gasteiger partial charge in [-0.2, -0.15) is 5.10 Å². The Kier molecular flexibility index (Phi) is 6.43. The van der Waals surface area contributed by atoms with Crippen molar-refractivity contribution in [2.75, 3.05) is 13.6 Å². The molecule has 9 nitrogen and oxygen atoms in total. The van der Waals surface area contributed by atoms with Gasteiger partial charge in [0.1, 0.15) is 5.69 Å². The highest BCUT2D eigenvalue weighted by Crippen LogP contribution is 2.37. The van der Waals surface area contributed by atoms with E-state index in [2.05, 4.69) is 46.4 Å². The topological polar surface area (TPSA) is 93.2 Å². The number of rotatable bonds is 10. The lowest BCUT2D eigenvalue weighted by Crippen LogP contribution is -2.24. The quantitative estimate of drug-likeness (QED) is 0.290. The summed E-state index contributed by atoms with van der Waals surface area (Å²) in [6.45, 7) is 4.44. The Hall–Kier alpha value is -3.63. The van der Waals surface area contributed by atoms with Crippen molar-refractivity contribution in [3.05, 3.63) is 65.2 Å². The molecule has 6 rings (SSSR count). The molecule has 1 aliphatic carbocycles. The number of hydrogen-bond donors (Lipinski definition) is 1. The molecule has 0 radical (unpaired) electrons. The van der Waals surface area contributed by atoms with Crippen LogP contribution in [0.3, 0.4) is 0 Å². The summed E-state index contributed by atoms with van der Waals surface area (Å²) >= 11 is 1.56. The summed E-state index contributed by atoms with van der Waals surface area (Å²) in [5.41, 5.74) is 3.96. The van der Waals surface area contributed by atoms with Gasteiger partial charge in [0.2, 0.25) is 0 Å². The van der Waals surface area contributed by atoms with Crippen LogP contribution in [0.15, 0.2) is 48.2 Å². The maximum absolute atomic E-state index is 13.4. The van der Waals surface area contributed by atoms with Crippen molar-refractivity contribution in [3.63, 3.8) is 0 Å². The molecular formula is C27H30N8OS. The summed E-state index contributed by atoms with van der Waals surface area (Å²) in [6.07, 6.45) is 10.1. The fourth-order valence-corrected chi connectivity index (χ4v) is 5.28. The number of unbranched alkanes of at least 4 members (excludes halogenated alkanes) is 1. The maximum atomic E-state index is 13.4. The molecule has 1 saturated carbocycles. The molecule has 37 heavy (non-hydrogen) atoms. The van der Waals surface area contributed by atoms with Gasteiger partial charge in [-0.05, 0) is 44.5 Å². The van der Waals surface area contributed by atoms with Gasteiger partial charge in [-0.1, -0.05) is 31.5 Å². The van der Waals surface area contributed by atoms with Gasteiger partial charge in [0.25, 0.3) is 5.91 Å². The summed E-state index contributed by atoms with van der Waals surface area (Å²) in [5, 5.41) is 10.2. The first-order chi connectivity index (χ1) is 18.1. The number of imidazole rings is 1. The van der Waals surface area contributed by atoms with Crippen molar-refractivity contribution >= 4 is 33.2 Å². The van der Waals surface area contributed by atoms with Crippen molar-refractivity contribution in [2.45, 2.75) is 51.7 Å². The average molecular weight is 515 g/mol. The predicted molar refractivity (Wildman–Crippen MR) is 145 cm³/mol. The number of benzene rings is 1. The number of fused-ring (bicyclic) bond motifs is 2. The number of amides is 1. The van der Waals surface area contributed by atoms with E-state index in [4.69, 9.17) is 9.97 Å². The minimum Gasteiger partial charge on any atom is -0.345 e. The van der Waals surface area contributed by atoms with Gasteiger partial charge in [0.15, 0.2) is 16.4 Å². The molecule has 1 aromatic carbocycles. The van der Waals surface area contributed by atoms with Crippen molar-refractivity contribution in [2.24, 2.45) is 0 Å². The molecule has 0 spiro atoms. The van der Waals surface area contributed by atoms with Gasteiger partial charge in [-0.3, -0.25) is 9.20 Å². The van der Waals surface area contributed by atoms with Crippen LogP contribution in [-0.2, 0) is 13.1 Å². The summed E-state index contributed by atoms with van der Waals surface area (Å²) in [7, 11) is 2.14. The molecule has 190 valence electrons. The number of nitrogens with zero attached hydrogens (tertiary/aromatic N) is 7. The Morgan fingerprint density at radius 1 is 1.24 bits per heavy atom. The van der Waals surface area contributed by atoms with E-state index in [0.29, 0.717) is 35.1 Å². The first-order valence-corrected chi connectivity index (χ1v) is 13.7. The highest BCUT2D eigenvalue weighted by atomic mass is 32.1. The lowest BCUT2D eigenvalue weighted by atomic mass is 10.1. The summed E-state index contributed by atoms with van der Waals surface area (Å²) < 4.78 is 3.91. The second-order valence-corrected chi connectivity index (χ2v) is 10.6. The summed E-state index contributed by atoms with van der Waals surface area (Å²) in [4.78, 5) is 30.9. The van der Waals surface area contributed by atoms with Gasteiger partial charge < -0.3 is 10.2 Å². The Morgan fingerprint density at radius 3 is 2.95 bits per heavy atom. The van der Waals surface area contributed by atoms with E-state index in [9.17, 15) is 4.79 Å². The van der Waals surface area contributed by atoms with E-state index < -0.39 is 0 Å². The Labute approximate surface area is 219 Å². The molecule has 1 amide bonds. The molecule has 4 aromatic heterocycles. The van der Waals surface area contributed by atoms with E-state index in [1.165, 1.54) is 18.4 Å². The van der Waals surface area contributed by atoms with Gasteiger partial charge in [0, 0.05) is 29.9 Å². The number of aromatic nitrogens is 6. The van der Waals surface area contributed by atoms with Gasteiger partial charge >= 0.3 is 0 Å². The van der Waals surface area contributed by atoms with Crippen LogP contribution in [0.4, 0.5) is 0 Å². The van der Waals surface area contributed by atoms with E-state index >= 15 is 0 Å². The van der Waals surface area contributed by atoms with Crippen LogP contribution in [-0.4, -0.2) is 53.5 Å². The Morgan fingerprint density at radius 2 is 2.14 bits per heavy atom. The minimum absolute atomic E-state index is 0.254. The van der Waals surface area contributed by atoms with Crippen molar-refractivity contribution in [3.8, 4) is 11.4 Å². The van der Waals surface area contributed by atoms with Crippen LogP contribution >= 0.6 is 11.3 Å². The first-order valence-electron chi connectivity index (χ1n) is 12.8. The normalized spacial score (nSPS) is 13.7. The molecule has 4 heterocycles. The van der Waals surface area contributed by atoms with Crippen molar-refractivity contribution in [1.29, 1.82) is 0 Å². The number of hydrogen-bond acceptors (Lipinski definition) is 7. The van der Waals surface area contributed by atoms with Crippen LogP contribution in [0.2, 0.25) is 0 Å². The largest absolute Gasteiger partial charge is 0.345 e. The summed E-state index contributed by atoms with van der Waals surface area (Å²) in [5.74, 6) is 0.288. The molecule has 1 aliphatic rings. The minimum atomic E-state index is -0.254. The van der Waals surface area contributed by atoms with Gasteiger partial charge in [-0.25, -0.2) is 19.6 Å². The first kappa shape index (κ1) is 23.7. The lowest BCUT2D eigenvalue weighted by Gasteiger charge is -2.16. The third-order valence-electron chi connectivity index (χ3n) is 6.67. The second-order valence-electron chi connectivity index (χ2n) is 9.75. The second kappa shape index (κ2) is 10.0. The third-order valence-corrected chi connectivity index (χ3v) is 7.44. The SMILES string of the molecule is CCCCN(C)Cc1cccc(-c2nc(C(=O)NCc3cn4ccsc4n3)c3cnn(C4CC4)c3n2)c1. The fourth-order valence-electron chi connectivity index (χ4n) is 4.56. The molecule has 0 unspecified atom stereocenters. The number of thiazole rings is 1. The lowest BCUT2D eigenvalue weighted by molar-refractivity contribution is 0.0947. The van der Waals surface area contributed by atoms with Crippen LogP contribution in [0.25, 0.3) is 27.4 Å². The molecule has 0 saturated heterocycles. The van der Waals surface area contributed by atoms with E-state index in [0.717, 1.165) is 42.1 Å². The van der Waals surface area contributed by atoms with Crippen molar-refractivity contribution < 1.29 is 4.79 Å². The number of carbonyl (C=O) groups excluding carboxylic acids is 1.